The number of nitrogens with zero attached hydrogens (tertiary/aromatic N) is 2. The van der Waals surface area contributed by atoms with E-state index in [4.69, 9.17) is 5.11 Å². The standard InChI is InChI=1S/C10H16N2O/c1-4-9(7-13)5-10-6-11-12(3)8(10)2/h5-6,13H,4,7H2,1-3H3. The quantitative estimate of drug-likeness (QED) is 0.765. The van der Waals surface area contributed by atoms with Gasteiger partial charge in [0, 0.05) is 18.3 Å². The van der Waals surface area contributed by atoms with Gasteiger partial charge < -0.3 is 5.11 Å². The zero-order valence-corrected chi connectivity index (χ0v) is 8.41. The molecule has 0 bridgehead atoms. The first-order valence-corrected chi connectivity index (χ1v) is 4.48. The number of aryl methyl sites for hydroxylation is 1. The maximum atomic E-state index is 8.99. The van der Waals surface area contributed by atoms with Crippen molar-refractivity contribution in [1.29, 1.82) is 0 Å². The summed E-state index contributed by atoms with van der Waals surface area (Å²) < 4.78 is 1.83. The molecule has 0 aromatic carbocycles. The topological polar surface area (TPSA) is 38.0 Å². The van der Waals surface area contributed by atoms with Crippen molar-refractivity contribution in [2.24, 2.45) is 7.05 Å². The molecule has 0 aliphatic carbocycles. The average Bonchev–Trinajstić information content (AvgIpc) is 2.45. The van der Waals surface area contributed by atoms with E-state index in [9.17, 15) is 0 Å². The van der Waals surface area contributed by atoms with E-state index in [1.54, 1.807) is 0 Å². The molecule has 1 aromatic heterocycles. The predicted molar refractivity (Wildman–Crippen MR) is 53.3 cm³/mol. The molecule has 0 saturated heterocycles. The molecule has 0 saturated carbocycles. The minimum atomic E-state index is 0.130. The van der Waals surface area contributed by atoms with Gasteiger partial charge in [-0.15, -0.1) is 0 Å². The Morgan fingerprint density at radius 3 is 2.77 bits per heavy atom. The van der Waals surface area contributed by atoms with E-state index in [0.717, 1.165) is 23.3 Å². The zero-order chi connectivity index (χ0) is 9.84. The molecule has 1 N–H and O–H groups in total. The van der Waals surface area contributed by atoms with Crippen LogP contribution < -0.4 is 0 Å². The summed E-state index contributed by atoms with van der Waals surface area (Å²) in [4.78, 5) is 0. The van der Waals surface area contributed by atoms with E-state index in [0.29, 0.717) is 0 Å². The lowest BCUT2D eigenvalue weighted by Crippen LogP contribution is -1.93. The number of hydrogen-bond donors (Lipinski definition) is 1. The molecule has 0 fully saturated rings. The highest BCUT2D eigenvalue weighted by Crippen LogP contribution is 2.12. The van der Waals surface area contributed by atoms with Crippen LogP contribution in [0.15, 0.2) is 11.8 Å². The summed E-state index contributed by atoms with van der Waals surface area (Å²) in [5.74, 6) is 0. The van der Waals surface area contributed by atoms with Crippen molar-refractivity contribution in [2.75, 3.05) is 6.61 Å². The zero-order valence-electron chi connectivity index (χ0n) is 8.41. The van der Waals surface area contributed by atoms with Crippen LogP contribution in [0.25, 0.3) is 6.08 Å². The molecule has 0 unspecified atom stereocenters. The second-order valence-corrected chi connectivity index (χ2v) is 3.12. The van der Waals surface area contributed by atoms with Gasteiger partial charge in [-0.1, -0.05) is 13.0 Å². The molecule has 0 atom stereocenters. The molecule has 3 heteroatoms. The first-order valence-electron chi connectivity index (χ1n) is 4.48. The second-order valence-electron chi connectivity index (χ2n) is 3.12. The van der Waals surface area contributed by atoms with Gasteiger partial charge in [0.25, 0.3) is 0 Å². The van der Waals surface area contributed by atoms with Gasteiger partial charge in [0.1, 0.15) is 0 Å². The van der Waals surface area contributed by atoms with Crippen LogP contribution in [0.2, 0.25) is 0 Å². The summed E-state index contributed by atoms with van der Waals surface area (Å²) in [6.45, 7) is 4.18. The van der Waals surface area contributed by atoms with Crippen LogP contribution in [-0.4, -0.2) is 21.5 Å². The first kappa shape index (κ1) is 9.99. The Bertz CT molecular complexity index is 307. The van der Waals surface area contributed by atoms with E-state index >= 15 is 0 Å². The molecule has 1 heterocycles. The second kappa shape index (κ2) is 4.23. The Labute approximate surface area is 78.7 Å². The smallest absolute Gasteiger partial charge is 0.0644 e. The predicted octanol–water partition coefficient (Wildman–Crippen LogP) is 1.51. The van der Waals surface area contributed by atoms with Crippen LogP contribution in [0.5, 0.6) is 0 Å². The number of aliphatic hydroxyl groups is 1. The van der Waals surface area contributed by atoms with E-state index in [1.165, 1.54) is 0 Å². The maximum absolute atomic E-state index is 8.99. The fourth-order valence-corrected chi connectivity index (χ4v) is 1.14. The summed E-state index contributed by atoms with van der Waals surface area (Å²) in [5, 5.41) is 13.1. The summed E-state index contributed by atoms with van der Waals surface area (Å²) >= 11 is 0. The van der Waals surface area contributed by atoms with Gasteiger partial charge in [0.15, 0.2) is 0 Å². The molecule has 13 heavy (non-hydrogen) atoms. The van der Waals surface area contributed by atoms with Crippen LogP contribution in [-0.2, 0) is 7.05 Å². The first-order chi connectivity index (χ1) is 6.19. The Hall–Kier alpha value is -1.09. The molecular weight excluding hydrogens is 164 g/mol. The van der Waals surface area contributed by atoms with Crippen LogP contribution in [0.3, 0.4) is 0 Å². The van der Waals surface area contributed by atoms with Crippen LogP contribution in [0.4, 0.5) is 0 Å². The fraction of sp³-hybridized carbons (Fsp3) is 0.500. The maximum Gasteiger partial charge on any atom is 0.0644 e. The van der Waals surface area contributed by atoms with Gasteiger partial charge >= 0.3 is 0 Å². The van der Waals surface area contributed by atoms with E-state index in [2.05, 4.69) is 5.10 Å². The van der Waals surface area contributed by atoms with E-state index in [1.807, 2.05) is 37.8 Å². The van der Waals surface area contributed by atoms with Gasteiger partial charge in [-0.3, -0.25) is 4.68 Å². The van der Waals surface area contributed by atoms with Crippen molar-refractivity contribution in [3.63, 3.8) is 0 Å². The van der Waals surface area contributed by atoms with Crippen molar-refractivity contribution in [1.82, 2.24) is 9.78 Å². The molecular formula is C10H16N2O. The Morgan fingerprint density at radius 1 is 1.69 bits per heavy atom. The monoisotopic (exact) mass is 180 g/mol. The van der Waals surface area contributed by atoms with Gasteiger partial charge in [-0.05, 0) is 18.9 Å². The number of aliphatic hydroxyl groups excluding tert-OH is 1. The van der Waals surface area contributed by atoms with Gasteiger partial charge in [-0.25, -0.2) is 0 Å². The largest absolute Gasteiger partial charge is 0.392 e. The third kappa shape index (κ3) is 2.18. The summed E-state index contributed by atoms with van der Waals surface area (Å²) in [6.07, 6.45) is 4.70. The molecule has 0 aliphatic heterocycles. The third-order valence-electron chi connectivity index (χ3n) is 2.29. The Morgan fingerprint density at radius 2 is 2.38 bits per heavy atom. The highest BCUT2D eigenvalue weighted by molar-refractivity contribution is 5.54. The van der Waals surface area contributed by atoms with Gasteiger partial charge in [0.05, 0.1) is 12.8 Å². The minimum Gasteiger partial charge on any atom is -0.392 e. The lowest BCUT2D eigenvalue weighted by Gasteiger charge is -1.99. The normalized spacial score (nSPS) is 12.2. The highest BCUT2D eigenvalue weighted by atomic mass is 16.3. The van der Waals surface area contributed by atoms with Crippen molar-refractivity contribution >= 4 is 6.08 Å². The Balaban J connectivity index is 2.95. The molecule has 0 aliphatic rings. The number of rotatable bonds is 3. The Kier molecular flexibility index (Phi) is 3.25. The van der Waals surface area contributed by atoms with Crippen LogP contribution >= 0.6 is 0 Å². The van der Waals surface area contributed by atoms with E-state index in [-0.39, 0.29) is 6.61 Å². The van der Waals surface area contributed by atoms with Crippen molar-refractivity contribution < 1.29 is 5.11 Å². The molecule has 1 rings (SSSR count). The van der Waals surface area contributed by atoms with Gasteiger partial charge in [-0.2, -0.15) is 5.10 Å². The van der Waals surface area contributed by atoms with Crippen molar-refractivity contribution in [3.05, 3.63) is 23.0 Å². The fourth-order valence-electron chi connectivity index (χ4n) is 1.14. The number of aromatic nitrogens is 2. The van der Waals surface area contributed by atoms with Crippen LogP contribution in [0, 0.1) is 6.92 Å². The summed E-state index contributed by atoms with van der Waals surface area (Å²) in [5.41, 5.74) is 3.25. The summed E-state index contributed by atoms with van der Waals surface area (Å²) in [6, 6.07) is 0. The lowest BCUT2D eigenvalue weighted by molar-refractivity contribution is 0.329. The highest BCUT2D eigenvalue weighted by Gasteiger charge is 2.01. The minimum absolute atomic E-state index is 0.130. The molecule has 72 valence electrons. The molecule has 1 aromatic rings. The van der Waals surface area contributed by atoms with Crippen molar-refractivity contribution in [3.8, 4) is 0 Å². The van der Waals surface area contributed by atoms with Crippen molar-refractivity contribution in [2.45, 2.75) is 20.3 Å². The molecule has 0 spiro atoms. The van der Waals surface area contributed by atoms with Gasteiger partial charge in [0.2, 0.25) is 0 Å². The molecule has 3 nitrogen and oxygen atoms in total. The molecule has 0 radical (unpaired) electrons. The van der Waals surface area contributed by atoms with E-state index < -0.39 is 0 Å². The average molecular weight is 180 g/mol. The SMILES string of the molecule is CCC(=Cc1cnn(C)c1C)CO. The summed E-state index contributed by atoms with van der Waals surface area (Å²) in [7, 11) is 1.91. The third-order valence-corrected chi connectivity index (χ3v) is 2.29. The van der Waals surface area contributed by atoms with Crippen LogP contribution in [0.1, 0.15) is 24.6 Å². The lowest BCUT2D eigenvalue weighted by atomic mass is 10.1. The number of hydrogen-bond acceptors (Lipinski definition) is 2. The molecule has 0 amide bonds.